The van der Waals surface area contributed by atoms with Crippen molar-refractivity contribution >= 4 is 16.9 Å². The van der Waals surface area contributed by atoms with Crippen LogP contribution in [0.4, 0.5) is 0 Å². The minimum Gasteiger partial charge on any atom is -0.340 e. The summed E-state index contributed by atoms with van der Waals surface area (Å²) in [6.07, 6.45) is 1.19. The molecule has 4 aromatic rings. The van der Waals surface area contributed by atoms with Gasteiger partial charge in [0.05, 0.1) is 17.6 Å². The van der Waals surface area contributed by atoms with E-state index in [2.05, 4.69) is 22.0 Å². The van der Waals surface area contributed by atoms with Crippen molar-refractivity contribution in [3.8, 4) is 11.4 Å². The van der Waals surface area contributed by atoms with Crippen LogP contribution in [0, 0.1) is 6.92 Å². The summed E-state index contributed by atoms with van der Waals surface area (Å²) in [4.78, 5) is 34.6. The Kier molecular flexibility index (Phi) is 6.99. The van der Waals surface area contributed by atoms with Crippen molar-refractivity contribution in [1.82, 2.24) is 29.1 Å². The van der Waals surface area contributed by atoms with E-state index in [1.54, 1.807) is 9.13 Å². The molecular weight excluding hydrogens is 456 g/mol. The zero-order valence-electron chi connectivity index (χ0n) is 20.9. The molecule has 9 nitrogen and oxygen atoms in total. The first-order valence-corrected chi connectivity index (χ1v) is 12.6. The lowest BCUT2D eigenvalue weighted by Gasteiger charge is -2.34. The summed E-state index contributed by atoms with van der Waals surface area (Å²) >= 11 is 0. The van der Waals surface area contributed by atoms with Crippen LogP contribution in [-0.2, 0) is 24.4 Å². The van der Waals surface area contributed by atoms with Gasteiger partial charge in [0.1, 0.15) is 0 Å². The molecule has 1 saturated heterocycles. The SMILES string of the molecule is CCCn1c(=O)n(CCC(=O)N2CCN(Cc3nc(-c4ccccc4C)no3)CC2)c2ccccc21. The molecule has 3 heterocycles. The van der Waals surface area contributed by atoms with E-state index in [-0.39, 0.29) is 11.6 Å². The Balaban J connectivity index is 1.16. The third-order valence-corrected chi connectivity index (χ3v) is 6.86. The predicted molar refractivity (Wildman–Crippen MR) is 137 cm³/mol. The number of piperazine rings is 1. The number of carbonyl (C=O) groups is 1. The molecule has 1 amide bonds. The average Bonchev–Trinajstić information content (AvgIpc) is 3.46. The Morgan fingerprint density at radius 3 is 2.31 bits per heavy atom. The summed E-state index contributed by atoms with van der Waals surface area (Å²) in [5.74, 6) is 1.26. The average molecular weight is 489 g/mol. The smallest absolute Gasteiger partial charge is 0.329 e. The van der Waals surface area contributed by atoms with Crippen molar-refractivity contribution in [3.63, 3.8) is 0 Å². The summed E-state index contributed by atoms with van der Waals surface area (Å²) in [5.41, 5.74) is 3.85. The number of amides is 1. The molecule has 0 unspecified atom stereocenters. The number of hydrogen-bond acceptors (Lipinski definition) is 6. The lowest BCUT2D eigenvalue weighted by molar-refractivity contribution is -0.133. The van der Waals surface area contributed by atoms with E-state index < -0.39 is 0 Å². The lowest BCUT2D eigenvalue weighted by Crippen LogP contribution is -2.48. The van der Waals surface area contributed by atoms with Gasteiger partial charge in [0.2, 0.25) is 17.6 Å². The number of aryl methyl sites for hydroxylation is 3. The Morgan fingerprint density at radius 1 is 0.944 bits per heavy atom. The molecule has 0 N–H and O–H groups in total. The van der Waals surface area contributed by atoms with Gasteiger partial charge in [-0.2, -0.15) is 4.98 Å². The van der Waals surface area contributed by atoms with Gasteiger partial charge in [-0.1, -0.05) is 48.5 Å². The summed E-state index contributed by atoms with van der Waals surface area (Å²) in [5, 5.41) is 4.14. The van der Waals surface area contributed by atoms with Crippen molar-refractivity contribution in [2.45, 2.75) is 46.3 Å². The van der Waals surface area contributed by atoms with E-state index in [0.717, 1.165) is 41.7 Å². The van der Waals surface area contributed by atoms with Crippen molar-refractivity contribution in [3.05, 3.63) is 70.5 Å². The van der Waals surface area contributed by atoms with E-state index in [1.165, 1.54) is 0 Å². The fraction of sp³-hybridized carbons (Fsp3) is 0.407. The summed E-state index contributed by atoms with van der Waals surface area (Å²) in [7, 11) is 0. The molecule has 2 aromatic carbocycles. The van der Waals surface area contributed by atoms with Crippen molar-refractivity contribution in [2.24, 2.45) is 0 Å². The molecule has 1 aliphatic rings. The van der Waals surface area contributed by atoms with Crippen LogP contribution in [0.2, 0.25) is 0 Å². The van der Waals surface area contributed by atoms with Gasteiger partial charge in [0.15, 0.2) is 0 Å². The summed E-state index contributed by atoms with van der Waals surface area (Å²) in [6, 6.07) is 15.8. The number of carbonyl (C=O) groups excluding carboxylic acids is 1. The van der Waals surface area contributed by atoms with Crippen LogP contribution < -0.4 is 5.69 Å². The molecule has 36 heavy (non-hydrogen) atoms. The highest BCUT2D eigenvalue weighted by atomic mass is 16.5. The van der Waals surface area contributed by atoms with E-state index in [9.17, 15) is 9.59 Å². The summed E-state index contributed by atoms with van der Waals surface area (Å²) in [6.45, 7) is 8.48. The van der Waals surface area contributed by atoms with Crippen LogP contribution in [0.25, 0.3) is 22.4 Å². The number of imidazole rings is 1. The Morgan fingerprint density at radius 2 is 1.61 bits per heavy atom. The lowest BCUT2D eigenvalue weighted by atomic mass is 10.1. The third-order valence-electron chi connectivity index (χ3n) is 6.86. The second-order valence-electron chi connectivity index (χ2n) is 9.31. The largest absolute Gasteiger partial charge is 0.340 e. The number of rotatable bonds is 8. The van der Waals surface area contributed by atoms with Crippen LogP contribution in [0.3, 0.4) is 0 Å². The molecule has 0 bridgehead atoms. The Bertz CT molecular complexity index is 1410. The second-order valence-corrected chi connectivity index (χ2v) is 9.31. The van der Waals surface area contributed by atoms with Crippen molar-refractivity contribution in [2.75, 3.05) is 26.2 Å². The number of hydrogen-bond donors (Lipinski definition) is 0. The zero-order valence-corrected chi connectivity index (χ0v) is 20.9. The first-order chi connectivity index (χ1) is 17.5. The van der Waals surface area contributed by atoms with Gasteiger partial charge in [0, 0.05) is 51.3 Å². The standard InChI is InChI=1S/C27H32N6O3/c1-3-13-32-22-10-6-7-11-23(22)33(27(32)35)14-12-25(34)31-17-15-30(16-18-31)19-24-28-26(29-36-24)21-9-5-4-8-20(21)2/h4-11H,3,12-19H2,1-2H3. The molecule has 1 aliphatic heterocycles. The molecule has 2 aromatic heterocycles. The highest BCUT2D eigenvalue weighted by Gasteiger charge is 2.23. The maximum Gasteiger partial charge on any atom is 0.329 e. The van der Waals surface area contributed by atoms with Crippen LogP contribution >= 0.6 is 0 Å². The van der Waals surface area contributed by atoms with E-state index >= 15 is 0 Å². The van der Waals surface area contributed by atoms with Crippen LogP contribution in [0.15, 0.2) is 57.8 Å². The van der Waals surface area contributed by atoms with Crippen LogP contribution in [0.1, 0.15) is 31.2 Å². The second kappa shape index (κ2) is 10.5. The molecule has 1 fully saturated rings. The normalized spacial score (nSPS) is 14.6. The molecule has 0 aliphatic carbocycles. The van der Waals surface area contributed by atoms with Gasteiger partial charge in [-0.15, -0.1) is 0 Å². The monoisotopic (exact) mass is 488 g/mol. The van der Waals surface area contributed by atoms with E-state index in [0.29, 0.717) is 50.9 Å². The molecule has 0 saturated carbocycles. The highest BCUT2D eigenvalue weighted by Crippen LogP contribution is 2.20. The molecule has 9 heteroatoms. The number of fused-ring (bicyclic) bond motifs is 1. The quantitative estimate of drug-likeness (QED) is 0.378. The zero-order chi connectivity index (χ0) is 25.1. The number of benzene rings is 2. The van der Waals surface area contributed by atoms with E-state index in [4.69, 9.17) is 4.52 Å². The molecule has 0 atom stereocenters. The number of nitrogens with zero attached hydrogens (tertiary/aromatic N) is 6. The van der Waals surface area contributed by atoms with Crippen LogP contribution in [0.5, 0.6) is 0 Å². The predicted octanol–water partition coefficient (Wildman–Crippen LogP) is 3.31. The van der Waals surface area contributed by atoms with Crippen molar-refractivity contribution < 1.29 is 9.32 Å². The molecule has 0 spiro atoms. The number of aromatic nitrogens is 4. The Hall–Kier alpha value is -3.72. The minimum atomic E-state index is -0.0414. The fourth-order valence-corrected chi connectivity index (χ4v) is 4.89. The van der Waals surface area contributed by atoms with Gasteiger partial charge in [-0.05, 0) is 31.0 Å². The van der Waals surface area contributed by atoms with E-state index in [1.807, 2.05) is 60.4 Å². The van der Waals surface area contributed by atoms with Gasteiger partial charge >= 0.3 is 5.69 Å². The molecule has 5 rings (SSSR count). The van der Waals surface area contributed by atoms with Gasteiger partial charge < -0.3 is 9.42 Å². The molecular formula is C27H32N6O3. The molecule has 0 radical (unpaired) electrons. The summed E-state index contributed by atoms with van der Waals surface area (Å²) < 4.78 is 9.03. The van der Waals surface area contributed by atoms with Gasteiger partial charge in [0.25, 0.3) is 0 Å². The maximum absolute atomic E-state index is 13.0. The first-order valence-electron chi connectivity index (χ1n) is 12.6. The van der Waals surface area contributed by atoms with Gasteiger partial charge in [-0.3, -0.25) is 18.8 Å². The van der Waals surface area contributed by atoms with Crippen LogP contribution in [-0.4, -0.2) is 61.2 Å². The fourth-order valence-electron chi connectivity index (χ4n) is 4.89. The van der Waals surface area contributed by atoms with Crippen molar-refractivity contribution in [1.29, 1.82) is 0 Å². The molecule has 188 valence electrons. The highest BCUT2D eigenvalue weighted by molar-refractivity contribution is 5.78. The number of para-hydroxylation sites is 2. The first kappa shape index (κ1) is 24.0. The topological polar surface area (TPSA) is 89.4 Å². The maximum atomic E-state index is 13.0. The third kappa shape index (κ3) is 4.83. The van der Waals surface area contributed by atoms with Gasteiger partial charge in [-0.25, -0.2) is 4.79 Å². The minimum absolute atomic E-state index is 0.0414. The Labute approximate surface area is 209 Å².